The number of carbonyl (C=O) groups is 2. The molecular weight excluding hydrogens is 308 g/mol. The van der Waals surface area contributed by atoms with Crippen molar-refractivity contribution in [1.82, 2.24) is 4.57 Å². The van der Waals surface area contributed by atoms with Crippen LogP contribution in [0.25, 0.3) is 11.1 Å². The molecule has 6 heteroatoms. The lowest BCUT2D eigenvalue weighted by atomic mass is 10.1. The summed E-state index contributed by atoms with van der Waals surface area (Å²) in [4.78, 5) is 35.1. The highest BCUT2D eigenvalue weighted by Crippen LogP contribution is 2.16. The topological polar surface area (TPSA) is 81.3 Å². The van der Waals surface area contributed by atoms with Gasteiger partial charge in [-0.05, 0) is 36.8 Å². The van der Waals surface area contributed by atoms with E-state index in [2.05, 4.69) is 5.32 Å². The molecule has 0 aliphatic heterocycles. The first-order chi connectivity index (χ1) is 11.4. The van der Waals surface area contributed by atoms with Gasteiger partial charge in [-0.3, -0.25) is 14.2 Å². The first-order valence-corrected chi connectivity index (χ1v) is 7.43. The van der Waals surface area contributed by atoms with Crippen LogP contribution in [0.1, 0.15) is 22.8 Å². The van der Waals surface area contributed by atoms with Crippen molar-refractivity contribution in [1.29, 1.82) is 0 Å². The summed E-state index contributed by atoms with van der Waals surface area (Å²) in [5.41, 5.74) is 3.01. The number of fused-ring (bicyclic) bond motifs is 1. The van der Waals surface area contributed by atoms with Crippen LogP contribution in [0, 0.1) is 0 Å². The number of nitrogens with one attached hydrogen (secondary N) is 1. The summed E-state index contributed by atoms with van der Waals surface area (Å²) in [5.74, 6) is -0.700. The number of Topliss-reactive ketones (excluding diaryl/α,β-unsaturated/α-hetero) is 1. The molecule has 0 atom stereocenters. The number of anilines is 1. The summed E-state index contributed by atoms with van der Waals surface area (Å²) < 4.78 is 6.46. The minimum Gasteiger partial charge on any atom is -0.408 e. The summed E-state index contributed by atoms with van der Waals surface area (Å²) >= 11 is 0. The molecule has 1 amide bonds. The van der Waals surface area contributed by atoms with E-state index in [0.29, 0.717) is 22.4 Å². The molecule has 1 heterocycles. The number of aryl methyl sites for hydroxylation is 1. The van der Waals surface area contributed by atoms with Crippen LogP contribution in [0.5, 0.6) is 0 Å². The molecule has 0 aliphatic carbocycles. The molecule has 0 saturated heterocycles. The van der Waals surface area contributed by atoms with Crippen LogP contribution < -0.4 is 11.1 Å². The highest BCUT2D eigenvalue weighted by atomic mass is 16.4. The number of hydrogen-bond acceptors (Lipinski definition) is 4. The van der Waals surface area contributed by atoms with Crippen molar-refractivity contribution >= 4 is 28.5 Å². The van der Waals surface area contributed by atoms with Gasteiger partial charge < -0.3 is 9.73 Å². The van der Waals surface area contributed by atoms with Gasteiger partial charge in [0.05, 0.1) is 11.9 Å². The Morgan fingerprint density at radius 1 is 1.17 bits per heavy atom. The van der Waals surface area contributed by atoms with E-state index in [4.69, 9.17) is 4.42 Å². The van der Waals surface area contributed by atoms with Gasteiger partial charge in [-0.2, -0.15) is 0 Å². The highest BCUT2D eigenvalue weighted by molar-refractivity contribution is 5.97. The zero-order valence-corrected chi connectivity index (χ0v) is 13.3. The van der Waals surface area contributed by atoms with Crippen molar-refractivity contribution in [2.45, 2.75) is 13.3 Å². The van der Waals surface area contributed by atoms with E-state index < -0.39 is 5.76 Å². The Labute approximate surface area is 137 Å². The van der Waals surface area contributed by atoms with Crippen LogP contribution in [0.4, 0.5) is 5.69 Å². The number of nitrogens with zero attached hydrogens (tertiary/aromatic N) is 1. The molecular formula is C18H16N2O4. The van der Waals surface area contributed by atoms with Gasteiger partial charge >= 0.3 is 5.76 Å². The molecule has 0 spiro atoms. The van der Waals surface area contributed by atoms with Gasteiger partial charge in [-0.25, -0.2) is 4.79 Å². The maximum Gasteiger partial charge on any atom is 0.419 e. The van der Waals surface area contributed by atoms with E-state index in [1.54, 1.807) is 49.5 Å². The van der Waals surface area contributed by atoms with Crippen LogP contribution in [0.2, 0.25) is 0 Å². The van der Waals surface area contributed by atoms with Gasteiger partial charge in [-0.1, -0.05) is 18.2 Å². The zero-order valence-electron chi connectivity index (χ0n) is 13.3. The van der Waals surface area contributed by atoms with Crippen molar-refractivity contribution in [3.8, 4) is 0 Å². The molecule has 3 aromatic rings. The van der Waals surface area contributed by atoms with Gasteiger partial charge in [0.25, 0.3) is 0 Å². The molecule has 0 unspecified atom stereocenters. The molecule has 1 aromatic heterocycles. The Balaban J connectivity index is 1.77. The fourth-order valence-corrected chi connectivity index (χ4v) is 2.49. The van der Waals surface area contributed by atoms with E-state index in [-0.39, 0.29) is 18.1 Å². The van der Waals surface area contributed by atoms with Crippen LogP contribution in [0.3, 0.4) is 0 Å². The van der Waals surface area contributed by atoms with Crippen LogP contribution in [0.15, 0.2) is 51.7 Å². The number of benzene rings is 2. The second-order valence-corrected chi connectivity index (χ2v) is 5.59. The lowest BCUT2D eigenvalue weighted by Gasteiger charge is -2.07. The average molecular weight is 324 g/mol. The van der Waals surface area contributed by atoms with Gasteiger partial charge in [0, 0.05) is 18.3 Å². The first kappa shape index (κ1) is 15.7. The molecule has 24 heavy (non-hydrogen) atoms. The summed E-state index contributed by atoms with van der Waals surface area (Å²) in [5, 5.41) is 2.77. The van der Waals surface area contributed by atoms with Crippen molar-refractivity contribution in [3.63, 3.8) is 0 Å². The number of rotatable bonds is 4. The quantitative estimate of drug-likeness (QED) is 0.748. The van der Waals surface area contributed by atoms with Crippen LogP contribution in [-0.2, 0) is 18.3 Å². The van der Waals surface area contributed by atoms with Crippen molar-refractivity contribution in [3.05, 3.63) is 64.1 Å². The van der Waals surface area contributed by atoms with Gasteiger partial charge in [0.15, 0.2) is 11.4 Å². The summed E-state index contributed by atoms with van der Waals surface area (Å²) in [7, 11) is 1.62. The number of aromatic nitrogens is 1. The van der Waals surface area contributed by atoms with Crippen molar-refractivity contribution in [2.24, 2.45) is 7.05 Å². The second kappa shape index (κ2) is 6.16. The van der Waals surface area contributed by atoms with E-state index in [1.807, 2.05) is 0 Å². The second-order valence-electron chi connectivity index (χ2n) is 5.59. The molecule has 6 nitrogen and oxygen atoms in total. The lowest BCUT2D eigenvalue weighted by molar-refractivity contribution is -0.115. The molecule has 3 rings (SSSR count). The smallest absolute Gasteiger partial charge is 0.408 e. The van der Waals surface area contributed by atoms with Crippen LogP contribution in [-0.4, -0.2) is 16.3 Å². The standard InChI is InChI=1S/C18H16N2O4/c1-11(21)13-4-3-5-14(10-13)19-17(22)9-12-6-7-16-15(8-12)20(2)18(23)24-16/h3-8,10H,9H2,1-2H3,(H,19,22). The zero-order chi connectivity index (χ0) is 17.3. The Bertz CT molecular complexity index is 998. The fraction of sp³-hybridized carbons (Fsp3) is 0.167. The third kappa shape index (κ3) is 3.12. The third-order valence-corrected chi connectivity index (χ3v) is 3.77. The van der Waals surface area contributed by atoms with Gasteiger partial charge in [0.2, 0.25) is 5.91 Å². The number of oxazole rings is 1. The highest BCUT2D eigenvalue weighted by Gasteiger charge is 2.10. The molecule has 0 radical (unpaired) electrons. The predicted molar refractivity (Wildman–Crippen MR) is 90.2 cm³/mol. The van der Waals surface area contributed by atoms with Gasteiger partial charge in [-0.15, -0.1) is 0 Å². The SMILES string of the molecule is CC(=O)c1cccc(NC(=O)Cc2ccc3oc(=O)n(C)c3c2)c1. The molecule has 1 N–H and O–H groups in total. The summed E-state index contributed by atoms with van der Waals surface area (Å²) in [6.45, 7) is 1.48. The Hall–Kier alpha value is -3.15. The van der Waals surface area contributed by atoms with Crippen molar-refractivity contribution in [2.75, 3.05) is 5.32 Å². The largest absolute Gasteiger partial charge is 0.419 e. The third-order valence-electron chi connectivity index (χ3n) is 3.77. The van der Waals surface area contributed by atoms with E-state index in [1.165, 1.54) is 11.5 Å². The fourth-order valence-electron chi connectivity index (χ4n) is 2.49. The maximum atomic E-state index is 12.2. The molecule has 0 saturated carbocycles. The summed E-state index contributed by atoms with van der Waals surface area (Å²) in [6, 6.07) is 12.0. The number of amides is 1. The molecule has 0 bridgehead atoms. The normalized spacial score (nSPS) is 10.8. The Morgan fingerprint density at radius 3 is 2.71 bits per heavy atom. The van der Waals surface area contributed by atoms with Crippen LogP contribution >= 0.6 is 0 Å². The Kier molecular flexibility index (Phi) is 4.04. The van der Waals surface area contributed by atoms with Gasteiger partial charge in [0.1, 0.15) is 0 Å². The predicted octanol–water partition coefficient (Wildman–Crippen LogP) is 2.52. The minimum absolute atomic E-state index is 0.0579. The number of carbonyl (C=O) groups excluding carboxylic acids is 2. The average Bonchev–Trinajstić information content (AvgIpc) is 2.82. The van der Waals surface area contributed by atoms with E-state index in [0.717, 1.165) is 5.56 Å². The monoisotopic (exact) mass is 324 g/mol. The lowest BCUT2D eigenvalue weighted by Crippen LogP contribution is -2.15. The maximum absolute atomic E-state index is 12.2. The first-order valence-electron chi connectivity index (χ1n) is 7.43. The number of ketones is 1. The molecule has 0 aliphatic rings. The Morgan fingerprint density at radius 2 is 1.96 bits per heavy atom. The molecule has 122 valence electrons. The molecule has 0 fully saturated rings. The van der Waals surface area contributed by atoms with Crippen molar-refractivity contribution < 1.29 is 14.0 Å². The van der Waals surface area contributed by atoms with E-state index >= 15 is 0 Å². The molecule has 2 aromatic carbocycles. The number of hydrogen-bond donors (Lipinski definition) is 1. The summed E-state index contributed by atoms with van der Waals surface area (Å²) in [6.07, 6.45) is 0.152. The minimum atomic E-state index is -0.437. The van der Waals surface area contributed by atoms with E-state index in [9.17, 15) is 14.4 Å².